The maximum atomic E-state index is 13.1. The van der Waals surface area contributed by atoms with Crippen molar-refractivity contribution in [1.29, 1.82) is 0 Å². The summed E-state index contributed by atoms with van der Waals surface area (Å²) in [5.74, 6) is -0.206. The highest BCUT2D eigenvalue weighted by atomic mass is 19.1. The maximum Gasteiger partial charge on any atom is 0.349 e. The number of rotatable bonds is 5. The number of nitrogens with zero attached hydrogens (tertiary/aromatic N) is 2. The third-order valence-electron chi connectivity index (χ3n) is 3.25. The molecule has 0 bridgehead atoms. The molecule has 1 heterocycles. The highest BCUT2D eigenvalue weighted by Crippen LogP contribution is 2.14. The van der Waals surface area contributed by atoms with E-state index in [4.69, 9.17) is 0 Å². The number of carbonyl (C=O) groups is 1. The first-order chi connectivity index (χ1) is 10.4. The van der Waals surface area contributed by atoms with E-state index in [0.717, 1.165) is 5.56 Å². The van der Waals surface area contributed by atoms with Gasteiger partial charge in [0.1, 0.15) is 11.6 Å². The Labute approximate surface area is 127 Å². The van der Waals surface area contributed by atoms with Gasteiger partial charge in [0.2, 0.25) is 5.91 Å². The zero-order chi connectivity index (χ0) is 16.1. The Morgan fingerprint density at radius 2 is 2.18 bits per heavy atom. The third kappa shape index (κ3) is 4.51. The quantitative estimate of drug-likeness (QED) is 0.920. The molecule has 1 atom stereocenters. The van der Waals surface area contributed by atoms with Gasteiger partial charge in [-0.15, -0.1) is 0 Å². The number of aryl methyl sites for hydroxylation is 1. The molecule has 1 amide bonds. The number of anilines is 1. The Kier molecular flexibility index (Phi) is 5.04. The van der Waals surface area contributed by atoms with Gasteiger partial charge in [0.25, 0.3) is 0 Å². The number of hydrogen-bond donors (Lipinski definition) is 1. The van der Waals surface area contributed by atoms with Crippen molar-refractivity contribution in [2.75, 3.05) is 5.32 Å². The molecule has 0 radical (unpaired) electrons. The molecule has 1 unspecified atom stereocenters. The molecular formula is C16H18FN3O2. The minimum atomic E-state index is -0.425. The summed E-state index contributed by atoms with van der Waals surface area (Å²) in [5, 5.41) is 2.60. The molecule has 116 valence electrons. The van der Waals surface area contributed by atoms with Crippen LogP contribution >= 0.6 is 0 Å². The molecule has 0 fully saturated rings. The van der Waals surface area contributed by atoms with Gasteiger partial charge in [-0.25, -0.2) is 9.18 Å². The van der Waals surface area contributed by atoms with Crippen LogP contribution in [0.2, 0.25) is 0 Å². The maximum absolute atomic E-state index is 13.1. The van der Waals surface area contributed by atoms with Gasteiger partial charge in [0.05, 0.1) is 0 Å². The van der Waals surface area contributed by atoms with Crippen LogP contribution in [0.5, 0.6) is 0 Å². The fraction of sp³-hybridized carbons (Fsp3) is 0.312. The second-order valence-corrected chi connectivity index (χ2v) is 5.40. The second kappa shape index (κ2) is 6.98. The van der Waals surface area contributed by atoms with Crippen LogP contribution < -0.4 is 11.0 Å². The van der Waals surface area contributed by atoms with Gasteiger partial charge in [0, 0.05) is 19.7 Å². The number of amides is 1. The van der Waals surface area contributed by atoms with E-state index in [1.807, 2.05) is 13.0 Å². The van der Waals surface area contributed by atoms with E-state index in [1.165, 1.54) is 16.7 Å². The molecule has 2 aromatic rings. The van der Waals surface area contributed by atoms with Crippen molar-refractivity contribution in [3.63, 3.8) is 0 Å². The highest BCUT2D eigenvalue weighted by Gasteiger charge is 2.11. The molecule has 0 aliphatic heterocycles. The Balaban J connectivity index is 1.91. The molecule has 22 heavy (non-hydrogen) atoms. The summed E-state index contributed by atoms with van der Waals surface area (Å²) in [6.45, 7) is 1.92. The average Bonchev–Trinajstić information content (AvgIpc) is 2.42. The van der Waals surface area contributed by atoms with Crippen LogP contribution in [0.4, 0.5) is 10.2 Å². The highest BCUT2D eigenvalue weighted by molar-refractivity contribution is 5.89. The van der Waals surface area contributed by atoms with E-state index < -0.39 is 5.69 Å². The first kappa shape index (κ1) is 15.9. The molecule has 0 aliphatic rings. The normalized spacial score (nSPS) is 12.0. The van der Waals surface area contributed by atoms with Crippen LogP contribution in [0.3, 0.4) is 0 Å². The second-order valence-electron chi connectivity index (χ2n) is 5.40. The van der Waals surface area contributed by atoms with Gasteiger partial charge in [-0.05, 0) is 36.1 Å². The van der Waals surface area contributed by atoms with Crippen molar-refractivity contribution in [3.05, 3.63) is 58.4 Å². The first-order valence-electron chi connectivity index (χ1n) is 7.02. The Morgan fingerprint density at radius 1 is 1.41 bits per heavy atom. The summed E-state index contributed by atoms with van der Waals surface area (Å²) in [6, 6.07) is 7.91. The van der Waals surface area contributed by atoms with E-state index in [9.17, 15) is 14.0 Å². The lowest BCUT2D eigenvalue weighted by atomic mass is 9.98. The van der Waals surface area contributed by atoms with Gasteiger partial charge in [0.15, 0.2) is 0 Å². The molecule has 1 aromatic heterocycles. The fourth-order valence-electron chi connectivity index (χ4n) is 2.18. The molecule has 0 spiro atoms. The average molecular weight is 303 g/mol. The van der Waals surface area contributed by atoms with Crippen molar-refractivity contribution in [2.45, 2.75) is 19.8 Å². The van der Waals surface area contributed by atoms with E-state index in [2.05, 4.69) is 10.3 Å². The molecule has 0 saturated heterocycles. The van der Waals surface area contributed by atoms with Crippen molar-refractivity contribution in [3.8, 4) is 0 Å². The number of halogens is 1. The van der Waals surface area contributed by atoms with Gasteiger partial charge >= 0.3 is 5.69 Å². The van der Waals surface area contributed by atoms with Gasteiger partial charge in [-0.2, -0.15) is 4.98 Å². The molecule has 1 aromatic carbocycles. The third-order valence-corrected chi connectivity index (χ3v) is 3.25. The summed E-state index contributed by atoms with van der Waals surface area (Å²) >= 11 is 0. The summed E-state index contributed by atoms with van der Waals surface area (Å²) in [6.07, 6.45) is 2.42. The van der Waals surface area contributed by atoms with Crippen LogP contribution in [-0.4, -0.2) is 15.5 Å². The molecular weight excluding hydrogens is 285 g/mol. The van der Waals surface area contributed by atoms with Gasteiger partial charge in [-0.3, -0.25) is 4.79 Å². The monoisotopic (exact) mass is 303 g/mol. The zero-order valence-corrected chi connectivity index (χ0v) is 12.5. The fourth-order valence-corrected chi connectivity index (χ4v) is 2.18. The number of hydrogen-bond acceptors (Lipinski definition) is 3. The summed E-state index contributed by atoms with van der Waals surface area (Å²) in [7, 11) is 1.59. The summed E-state index contributed by atoms with van der Waals surface area (Å²) in [4.78, 5) is 27.1. The SMILES string of the molecule is CC(CC(=O)Nc1ccn(C)c(=O)n1)Cc1cccc(F)c1. The number of carbonyl (C=O) groups excluding carboxylic acids is 1. The smallest absolute Gasteiger partial charge is 0.310 e. The van der Waals surface area contributed by atoms with E-state index in [-0.39, 0.29) is 29.9 Å². The standard InChI is InChI=1S/C16H18FN3O2/c1-11(8-12-4-3-5-13(17)10-12)9-15(21)18-14-6-7-20(2)16(22)19-14/h3-7,10-11H,8-9H2,1-2H3,(H,18,19,21,22). The van der Waals surface area contributed by atoms with Crippen molar-refractivity contribution < 1.29 is 9.18 Å². The lowest BCUT2D eigenvalue weighted by Crippen LogP contribution is -2.23. The van der Waals surface area contributed by atoms with Crippen molar-refractivity contribution >= 4 is 11.7 Å². The summed E-state index contributed by atoms with van der Waals surface area (Å²) in [5.41, 5.74) is 0.428. The number of aromatic nitrogens is 2. The van der Waals surface area contributed by atoms with Crippen LogP contribution in [0, 0.1) is 11.7 Å². The largest absolute Gasteiger partial charge is 0.349 e. The van der Waals surface area contributed by atoms with Crippen LogP contribution in [0.15, 0.2) is 41.3 Å². The molecule has 0 aliphatic carbocycles. The molecule has 5 nitrogen and oxygen atoms in total. The van der Waals surface area contributed by atoms with E-state index >= 15 is 0 Å². The minimum absolute atomic E-state index is 0.0494. The van der Waals surface area contributed by atoms with Crippen molar-refractivity contribution in [2.24, 2.45) is 13.0 Å². The van der Waals surface area contributed by atoms with Crippen LogP contribution in [0.1, 0.15) is 18.9 Å². The molecule has 0 saturated carbocycles. The predicted octanol–water partition coefficient (Wildman–Crippen LogP) is 2.13. The topological polar surface area (TPSA) is 64.0 Å². The Morgan fingerprint density at radius 3 is 2.86 bits per heavy atom. The Bertz CT molecular complexity index is 727. The lowest BCUT2D eigenvalue weighted by Gasteiger charge is -2.11. The first-order valence-corrected chi connectivity index (χ1v) is 7.02. The molecule has 6 heteroatoms. The van der Waals surface area contributed by atoms with E-state index in [0.29, 0.717) is 6.42 Å². The lowest BCUT2D eigenvalue weighted by molar-refractivity contribution is -0.117. The van der Waals surface area contributed by atoms with Crippen LogP contribution in [-0.2, 0) is 18.3 Å². The zero-order valence-electron chi connectivity index (χ0n) is 12.5. The molecule has 1 N–H and O–H groups in total. The Hall–Kier alpha value is -2.50. The van der Waals surface area contributed by atoms with Gasteiger partial charge < -0.3 is 9.88 Å². The van der Waals surface area contributed by atoms with Crippen LogP contribution in [0.25, 0.3) is 0 Å². The van der Waals surface area contributed by atoms with E-state index in [1.54, 1.807) is 25.4 Å². The predicted molar refractivity (Wildman–Crippen MR) is 82.0 cm³/mol. The summed E-state index contributed by atoms with van der Waals surface area (Å²) < 4.78 is 14.4. The molecule has 2 rings (SSSR count). The number of nitrogens with one attached hydrogen (secondary N) is 1. The van der Waals surface area contributed by atoms with Crippen molar-refractivity contribution in [1.82, 2.24) is 9.55 Å². The number of benzene rings is 1. The van der Waals surface area contributed by atoms with Gasteiger partial charge in [-0.1, -0.05) is 19.1 Å². The minimum Gasteiger partial charge on any atom is -0.310 e.